The van der Waals surface area contributed by atoms with Crippen LogP contribution in [0.5, 0.6) is 0 Å². The SMILES string of the molecule is CCc1ocnc1C(=O)N[C@@H](C)C1(N2CCOCC2)CCCC1. The Balaban J connectivity index is 1.74. The number of oxazole rings is 1. The number of ether oxygens (including phenoxy) is 1. The standard InChI is InChI=1S/C17H27N3O3/c1-3-14-15(18-12-23-14)16(21)19-13(2)17(6-4-5-7-17)20-8-10-22-11-9-20/h12-13H,3-11H2,1-2H3,(H,19,21)/t13-/m0/s1. The largest absolute Gasteiger partial charge is 0.448 e. The van der Waals surface area contributed by atoms with E-state index in [9.17, 15) is 4.79 Å². The van der Waals surface area contributed by atoms with Gasteiger partial charge >= 0.3 is 0 Å². The van der Waals surface area contributed by atoms with E-state index >= 15 is 0 Å². The third kappa shape index (κ3) is 3.15. The molecule has 1 aliphatic heterocycles. The number of aromatic nitrogens is 1. The van der Waals surface area contributed by atoms with Crippen molar-refractivity contribution in [3.05, 3.63) is 17.8 Å². The lowest BCUT2D eigenvalue weighted by Gasteiger charge is -2.47. The minimum Gasteiger partial charge on any atom is -0.448 e. The number of amides is 1. The molecule has 6 nitrogen and oxygen atoms in total. The summed E-state index contributed by atoms with van der Waals surface area (Å²) in [6, 6.07) is 0.0806. The second-order valence-electron chi connectivity index (χ2n) is 6.58. The van der Waals surface area contributed by atoms with Gasteiger partial charge in [0.15, 0.2) is 12.1 Å². The average molecular weight is 321 g/mol. The van der Waals surface area contributed by atoms with Crippen LogP contribution in [0.3, 0.4) is 0 Å². The Morgan fingerprint density at radius 2 is 2.09 bits per heavy atom. The normalized spacial score (nSPS) is 22.9. The van der Waals surface area contributed by atoms with Gasteiger partial charge in [0.2, 0.25) is 0 Å². The van der Waals surface area contributed by atoms with Gasteiger partial charge in [-0.25, -0.2) is 4.98 Å². The molecule has 1 saturated carbocycles. The molecule has 0 unspecified atom stereocenters. The van der Waals surface area contributed by atoms with Crippen molar-refractivity contribution in [3.8, 4) is 0 Å². The zero-order chi connectivity index (χ0) is 16.3. The van der Waals surface area contributed by atoms with E-state index in [1.165, 1.54) is 19.2 Å². The summed E-state index contributed by atoms with van der Waals surface area (Å²) in [5.41, 5.74) is 0.477. The van der Waals surface area contributed by atoms with Gasteiger partial charge in [0, 0.05) is 31.1 Å². The first-order valence-corrected chi connectivity index (χ1v) is 8.73. The fourth-order valence-corrected chi connectivity index (χ4v) is 4.12. The van der Waals surface area contributed by atoms with Crippen LogP contribution in [-0.2, 0) is 11.2 Å². The molecule has 1 N–H and O–H groups in total. The monoisotopic (exact) mass is 321 g/mol. The van der Waals surface area contributed by atoms with E-state index in [0.717, 1.165) is 39.1 Å². The molecule has 0 bridgehead atoms. The van der Waals surface area contributed by atoms with Crippen LogP contribution in [-0.4, -0.2) is 53.7 Å². The molecule has 0 radical (unpaired) electrons. The summed E-state index contributed by atoms with van der Waals surface area (Å²) in [6.45, 7) is 7.56. The lowest BCUT2D eigenvalue weighted by Crippen LogP contribution is -2.62. The van der Waals surface area contributed by atoms with Gasteiger partial charge in [0.05, 0.1) is 13.2 Å². The second-order valence-corrected chi connectivity index (χ2v) is 6.58. The smallest absolute Gasteiger partial charge is 0.273 e. The van der Waals surface area contributed by atoms with Gasteiger partial charge in [-0.15, -0.1) is 0 Å². The predicted molar refractivity (Wildman–Crippen MR) is 86.4 cm³/mol. The van der Waals surface area contributed by atoms with Crippen LogP contribution < -0.4 is 5.32 Å². The number of morpholine rings is 1. The van der Waals surface area contributed by atoms with Gasteiger partial charge in [-0.3, -0.25) is 9.69 Å². The highest BCUT2D eigenvalue weighted by Crippen LogP contribution is 2.38. The van der Waals surface area contributed by atoms with Crippen molar-refractivity contribution in [2.45, 2.75) is 57.5 Å². The number of carbonyl (C=O) groups excluding carboxylic acids is 1. The maximum atomic E-state index is 12.6. The summed E-state index contributed by atoms with van der Waals surface area (Å²) in [5.74, 6) is 0.532. The Morgan fingerprint density at radius 1 is 1.39 bits per heavy atom. The molecular formula is C17H27N3O3. The van der Waals surface area contributed by atoms with Gasteiger partial charge in [-0.2, -0.15) is 0 Å². The van der Waals surface area contributed by atoms with Gasteiger partial charge in [0.1, 0.15) is 5.76 Å². The molecule has 2 fully saturated rings. The van der Waals surface area contributed by atoms with Gasteiger partial charge in [-0.1, -0.05) is 19.8 Å². The molecule has 0 spiro atoms. The Morgan fingerprint density at radius 3 is 2.74 bits per heavy atom. The van der Waals surface area contributed by atoms with E-state index in [2.05, 4.69) is 22.1 Å². The van der Waals surface area contributed by atoms with E-state index in [4.69, 9.17) is 9.15 Å². The fraction of sp³-hybridized carbons (Fsp3) is 0.765. The summed E-state index contributed by atoms with van der Waals surface area (Å²) >= 11 is 0. The summed E-state index contributed by atoms with van der Waals surface area (Å²) < 4.78 is 10.8. The van der Waals surface area contributed by atoms with Gasteiger partial charge in [-0.05, 0) is 19.8 Å². The van der Waals surface area contributed by atoms with Gasteiger partial charge in [0.25, 0.3) is 5.91 Å². The number of carbonyl (C=O) groups is 1. The molecule has 128 valence electrons. The van der Waals surface area contributed by atoms with Crippen LogP contribution in [0.15, 0.2) is 10.8 Å². The minimum atomic E-state index is -0.123. The van der Waals surface area contributed by atoms with Crippen LogP contribution in [0, 0.1) is 0 Å². The van der Waals surface area contributed by atoms with E-state index in [-0.39, 0.29) is 17.5 Å². The van der Waals surface area contributed by atoms with E-state index in [1.54, 1.807) is 0 Å². The molecule has 1 aromatic rings. The topological polar surface area (TPSA) is 67.6 Å². The third-order valence-electron chi connectivity index (χ3n) is 5.44. The maximum absolute atomic E-state index is 12.6. The molecule has 1 saturated heterocycles. The zero-order valence-electron chi connectivity index (χ0n) is 14.1. The number of nitrogens with zero attached hydrogens (tertiary/aromatic N) is 2. The second kappa shape index (κ2) is 7.01. The highest BCUT2D eigenvalue weighted by molar-refractivity contribution is 5.93. The Bertz CT molecular complexity index is 531. The third-order valence-corrected chi connectivity index (χ3v) is 5.44. The molecule has 6 heteroatoms. The van der Waals surface area contributed by atoms with Crippen LogP contribution in [0.4, 0.5) is 0 Å². The maximum Gasteiger partial charge on any atom is 0.273 e. The first kappa shape index (κ1) is 16.5. The summed E-state index contributed by atoms with van der Waals surface area (Å²) in [6.07, 6.45) is 6.74. The highest BCUT2D eigenvalue weighted by Gasteiger charge is 2.45. The predicted octanol–water partition coefficient (Wildman–Crippen LogP) is 2.00. The number of nitrogens with one attached hydrogen (secondary N) is 1. The van der Waals surface area contributed by atoms with Crippen molar-refractivity contribution in [1.82, 2.24) is 15.2 Å². The minimum absolute atomic E-state index is 0.0511. The summed E-state index contributed by atoms with van der Waals surface area (Å²) in [4.78, 5) is 19.2. The molecule has 1 aromatic heterocycles. The Kier molecular flexibility index (Phi) is 5.02. The summed E-state index contributed by atoms with van der Waals surface area (Å²) in [5, 5.41) is 3.19. The highest BCUT2D eigenvalue weighted by atomic mass is 16.5. The lowest BCUT2D eigenvalue weighted by atomic mass is 9.86. The molecule has 1 atom stereocenters. The van der Waals surface area contributed by atoms with Crippen molar-refractivity contribution in [3.63, 3.8) is 0 Å². The molecule has 2 aliphatic rings. The van der Waals surface area contributed by atoms with Crippen molar-refractivity contribution < 1.29 is 13.9 Å². The van der Waals surface area contributed by atoms with Crippen molar-refractivity contribution >= 4 is 5.91 Å². The summed E-state index contributed by atoms with van der Waals surface area (Å²) in [7, 11) is 0. The van der Waals surface area contributed by atoms with Crippen molar-refractivity contribution in [2.24, 2.45) is 0 Å². The molecule has 0 aromatic carbocycles. The average Bonchev–Trinajstić information content (AvgIpc) is 3.25. The van der Waals surface area contributed by atoms with E-state index in [0.29, 0.717) is 17.9 Å². The Labute approximate surface area is 137 Å². The van der Waals surface area contributed by atoms with E-state index < -0.39 is 0 Å². The number of rotatable bonds is 5. The van der Waals surface area contributed by atoms with Crippen LogP contribution in [0.2, 0.25) is 0 Å². The first-order chi connectivity index (χ1) is 11.2. The zero-order valence-corrected chi connectivity index (χ0v) is 14.1. The molecular weight excluding hydrogens is 294 g/mol. The van der Waals surface area contributed by atoms with Crippen LogP contribution in [0.1, 0.15) is 55.8 Å². The quantitative estimate of drug-likeness (QED) is 0.898. The number of aryl methyl sites for hydroxylation is 1. The fourth-order valence-electron chi connectivity index (χ4n) is 4.12. The van der Waals surface area contributed by atoms with Gasteiger partial charge < -0.3 is 14.5 Å². The molecule has 1 amide bonds. The number of hydrogen-bond acceptors (Lipinski definition) is 5. The first-order valence-electron chi connectivity index (χ1n) is 8.73. The molecule has 3 rings (SSSR count). The lowest BCUT2D eigenvalue weighted by molar-refractivity contribution is -0.0323. The van der Waals surface area contributed by atoms with Crippen molar-refractivity contribution in [2.75, 3.05) is 26.3 Å². The van der Waals surface area contributed by atoms with Crippen LogP contribution >= 0.6 is 0 Å². The number of hydrogen-bond donors (Lipinski definition) is 1. The molecule has 2 heterocycles. The molecule has 1 aliphatic carbocycles. The Hall–Kier alpha value is -1.40. The van der Waals surface area contributed by atoms with Crippen molar-refractivity contribution in [1.29, 1.82) is 0 Å². The molecule has 23 heavy (non-hydrogen) atoms. The van der Waals surface area contributed by atoms with Crippen LogP contribution in [0.25, 0.3) is 0 Å². The van der Waals surface area contributed by atoms with E-state index in [1.807, 2.05) is 6.92 Å².